The molecule has 0 bridgehead atoms. The van der Waals surface area contributed by atoms with Crippen molar-refractivity contribution in [3.8, 4) is 0 Å². The summed E-state index contributed by atoms with van der Waals surface area (Å²) in [6.45, 7) is 6.95. The predicted octanol–water partition coefficient (Wildman–Crippen LogP) is 2.84. The molecule has 0 radical (unpaired) electrons. The standard InChI is InChI=1S/C18H22N6OS/c1-18(2,3)13-4-6-19-8-12(13)9-20-14(25)5-7-26-17-15-16(22-10-21-15)23-11-24-17/h4,6,8,10-11H,5,7,9H2,1-3H3,(H,20,25)(H,21,22,23,24). The van der Waals surface area contributed by atoms with Crippen molar-refractivity contribution < 1.29 is 4.79 Å². The predicted molar refractivity (Wildman–Crippen MR) is 102 cm³/mol. The van der Waals surface area contributed by atoms with Crippen LogP contribution in [0.4, 0.5) is 0 Å². The maximum atomic E-state index is 12.2. The van der Waals surface area contributed by atoms with Gasteiger partial charge in [-0.3, -0.25) is 9.78 Å². The van der Waals surface area contributed by atoms with E-state index in [1.165, 1.54) is 23.7 Å². The van der Waals surface area contributed by atoms with Crippen molar-refractivity contribution in [1.82, 2.24) is 30.2 Å². The number of hydrogen-bond acceptors (Lipinski definition) is 6. The Balaban J connectivity index is 1.52. The first-order chi connectivity index (χ1) is 12.4. The fourth-order valence-corrected chi connectivity index (χ4v) is 3.57. The van der Waals surface area contributed by atoms with Crippen LogP contribution in [0.2, 0.25) is 0 Å². The van der Waals surface area contributed by atoms with E-state index in [0.717, 1.165) is 16.1 Å². The highest BCUT2D eigenvalue weighted by Gasteiger charge is 2.18. The molecule has 3 aromatic rings. The number of pyridine rings is 1. The molecule has 0 spiro atoms. The second kappa shape index (κ2) is 7.82. The van der Waals surface area contributed by atoms with Gasteiger partial charge in [-0.2, -0.15) is 0 Å². The highest BCUT2D eigenvalue weighted by molar-refractivity contribution is 7.99. The Morgan fingerprint density at radius 1 is 1.27 bits per heavy atom. The molecular formula is C18H22N6OS. The molecule has 0 aliphatic heterocycles. The van der Waals surface area contributed by atoms with Crippen molar-refractivity contribution in [3.05, 3.63) is 42.2 Å². The Labute approximate surface area is 156 Å². The average Bonchev–Trinajstić information content (AvgIpc) is 3.09. The third-order valence-corrected chi connectivity index (χ3v) is 4.93. The molecule has 0 saturated carbocycles. The number of nitrogens with zero attached hydrogens (tertiary/aromatic N) is 4. The van der Waals surface area contributed by atoms with Gasteiger partial charge >= 0.3 is 0 Å². The van der Waals surface area contributed by atoms with E-state index in [1.807, 2.05) is 12.3 Å². The van der Waals surface area contributed by atoms with Crippen LogP contribution >= 0.6 is 11.8 Å². The number of carbonyl (C=O) groups is 1. The third-order valence-electron chi connectivity index (χ3n) is 3.94. The summed E-state index contributed by atoms with van der Waals surface area (Å²) in [5.41, 5.74) is 3.71. The van der Waals surface area contributed by atoms with E-state index in [2.05, 4.69) is 51.0 Å². The SMILES string of the molecule is CC(C)(C)c1ccncc1CNC(=O)CCSc1ncnc2nc[nH]c12. The van der Waals surface area contributed by atoms with Gasteiger partial charge in [0, 0.05) is 31.1 Å². The van der Waals surface area contributed by atoms with Gasteiger partial charge in [0.2, 0.25) is 5.91 Å². The van der Waals surface area contributed by atoms with Gasteiger partial charge in [0.05, 0.1) is 6.33 Å². The first kappa shape index (κ1) is 18.3. The van der Waals surface area contributed by atoms with E-state index >= 15 is 0 Å². The first-order valence-electron chi connectivity index (χ1n) is 8.42. The van der Waals surface area contributed by atoms with Crippen LogP contribution in [0.15, 0.2) is 36.1 Å². The van der Waals surface area contributed by atoms with E-state index in [4.69, 9.17) is 0 Å². The normalized spacial score (nSPS) is 11.7. The topological polar surface area (TPSA) is 96.5 Å². The molecule has 0 fully saturated rings. The number of carbonyl (C=O) groups excluding carboxylic acids is 1. The second-order valence-corrected chi connectivity index (χ2v) is 8.02. The monoisotopic (exact) mass is 370 g/mol. The number of amides is 1. The molecule has 7 nitrogen and oxygen atoms in total. The molecule has 0 unspecified atom stereocenters. The van der Waals surface area contributed by atoms with Crippen molar-refractivity contribution in [1.29, 1.82) is 0 Å². The number of hydrogen-bond donors (Lipinski definition) is 2. The summed E-state index contributed by atoms with van der Waals surface area (Å²) in [6.07, 6.45) is 7.11. The Kier molecular flexibility index (Phi) is 5.51. The molecule has 1 amide bonds. The van der Waals surface area contributed by atoms with E-state index in [9.17, 15) is 4.79 Å². The molecular weight excluding hydrogens is 348 g/mol. The molecule has 0 aliphatic rings. The summed E-state index contributed by atoms with van der Waals surface area (Å²) < 4.78 is 0. The number of rotatable bonds is 6. The summed E-state index contributed by atoms with van der Waals surface area (Å²) in [4.78, 5) is 31.8. The lowest BCUT2D eigenvalue weighted by atomic mass is 9.85. The second-order valence-electron chi connectivity index (χ2n) is 6.94. The van der Waals surface area contributed by atoms with Crippen LogP contribution in [-0.4, -0.2) is 36.6 Å². The van der Waals surface area contributed by atoms with Crippen LogP contribution < -0.4 is 5.32 Å². The molecule has 136 valence electrons. The van der Waals surface area contributed by atoms with Gasteiger partial charge in [-0.15, -0.1) is 11.8 Å². The van der Waals surface area contributed by atoms with Crippen LogP contribution in [0.1, 0.15) is 38.3 Å². The minimum Gasteiger partial charge on any atom is -0.352 e. The lowest BCUT2D eigenvalue weighted by molar-refractivity contribution is -0.120. The largest absolute Gasteiger partial charge is 0.352 e. The summed E-state index contributed by atoms with van der Waals surface area (Å²) in [5.74, 6) is 0.645. The van der Waals surface area contributed by atoms with Gasteiger partial charge in [0.1, 0.15) is 16.9 Å². The fraction of sp³-hybridized carbons (Fsp3) is 0.389. The number of thioether (sulfide) groups is 1. The van der Waals surface area contributed by atoms with Crippen molar-refractivity contribution in [2.24, 2.45) is 0 Å². The molecule has 0 atom stereocenters. The Bertz CT molecular complexity index is 902. The number of fused-ring (bicyclic) bond motifs is 1. The van der Waals surface area contributed by atoms with Gasteiger partial charge in [-0.05, 0) is 22.6 Å². The minimum atomic E-state index is 0.0103. The van der Waals surface area contributed by atoms with Crippen LogP contribution in [0.3, 0.4) is 0 Å². The quantitative estimate of drug-likeness (QED) is 0.512. The van der Waals surface area contributed by atoms with Crippen molar-refractivity contribution in [2.45, 2.75) is 44.2 Å². The number of aromatic nitrogens is 5. The summed E-state index contributed by atoms with van der Waals surface area (Å²) in [6, 6.07) is 2.02. The maximum Gasteiger partial charge on any atom is 0.221 e. The molecule has 8 heteroatoms. The Hall–Kier alpha value is -2.48. The number of imidazole rings is 1. The van der Waals surface area contributed by atoms with Crippen LogP contribution in [0.25, 0.3) is 11.2 Å². The lowest BCUT2D eigenvalue weighted by Crippen LogP contribution is -2.25. The molecule has 3 aromatic heterocycles. The van der Waals surface area contributed by atoms with E-state index in [1.54, 1.807) is 12.5 Å². The molecule has 0 aliphatic carbocycles. The van der Waals surface area contributed by atoms with Crippen molar-refractivity contribution in [2.75, 3.05) is 5.75 Å². The zero-order valence-corrected chi connectivity index (χ0v) is 15.9. The number of nitrogens with one attached hydrogen (secondary N) is 2. The zero-order valence-electron chi connectivity index (χ0n) is 15.1. The fourth-order valence-electron chi connectivity index (χ4n) is 2.67. The molecule has 26 heavy (non-hydrogen) atoms. The smallest absolute Gasteiger partial charge is 0.221 e. The number of H-pyrrole nitrogens is 1. The summed E-state index contributed by atoms with van der Waals surface area (Å²) in [7, 11) is 0. The molecule has 0 saturated heterocycles. The van der Waals surface area contributed by atoms with Gasteiger partial charge < -0.3 is 10.3 Å². The summed E-state index contributed by atoms with van der Waals surface area (Å²) in [5, 5.41) is 3.79. The third kappa shape index (κ3) is 4.37. The Morgan fingerprint density at radius 2 is 2.12 bits per heavy atom. The van der Waals surface area contributed by atoms with Gasteiger partial charge in [0.25, 0.3) is 0 Å². The van der Waals surface area contributed by atoms with Crippen LogP contribution in [0, 0.1) is 0 Å². The Morgan fingerprint density at radius 3 is 2.92 bits per heavy atom. The molecule has 3 heterocycles. The minimum absolute atomic E-state index is 0.0103. The highest BCUT2D eigenvalue weighted by Crippen LogP contribution is 2.25. The van der Waals surface area contributed by atoms with Gasteiger partial charge in [-0.25, -0.2) is 15.0 Å². The van der Waals surface area contributed by atoms with Crippen LogP contribution in [0.5, 0.6) is 0 Å². The summed E-state index contributed by atoms with van der Waals surface area (Å²) >= 11 is 1.52. The lowest BCUT2D eigenvalue weighted by Gasteiger charge is -2.22. The molecule has 3 rings (SSSR count). The van der Waals surface area contributed by atoms with Crippen LogP contribution in [-0.2, 0) is 16.8 Å². The highest BCUT2D eigenvalue weighted by atomic mass is 32.2. The van der Waals surface area contributed by atoms with Crippen molar-refractivity contribution in [3.63, 3.8) is 0 Å². The van der Waals surface area contributed by atoms with E-state index < -0.39 is 0 Å². The maximum absolute atomic E-state index is 12.2. The van der Waals surface area contributed by atoms with Gasteiger partial charge in [-0.1, -0.05) is 20.8 Å². The zero-order chi connectivity index (χ0) is 18.6. The average molecular weight is 370 g/mol. The molecule has 0 aromatic carbocycles. The molecule has 2 N–H and O–H groups in total. The van der Waals surface area contributed by atoms with E-state index in [-0.39, 0.29) is 11.3 Å². The first-order valence-corrected chi connectivity index (χ1v) is 9.40. The number of aromatic amines is 1. The van der Waals surface area contributed by atoms with Crippen molar-refractivity contribution >= 4 is 28.8 Å². The van der Waals surface area contributed by atoms with E-state index in [0.29, 0.717) is 24.4 Å². The van der Waals surface area contributed by atoms with Gasteiger partial charge in [0.15, 0.2) is 5.65 Å².